The molecule has 1 heterocycles. The van der Waals surface area contributed by atoms with Gasteiger partial charge in [-0.1, -0.05) is 55.8 Å². The van der Waals surface area contributed by atoms with Gasteiger partial charge in [-0.25, -0.2) is 4.98 Å². The maximum Gasteiger partial charge on any atom is 0.245 e. The van der Waals surface area contributed by atoms with E-state index in [0.29, 0.717) is 17.5 Å². The first kappa shape index (κ1) is 19.4. The lowest BCUT2D eigenvalue weighted by Gasteiger charge is -2.09. The number of carbonyl (C=O) groups is 1. The molecule has 6 heteroatoms. The molecule has 2 N–H and O–H groups in total. The smallest absolute Gasteiger partial charge is 0.245 e. The molecule has 0 spiro atoms. The lowest BCUT2D eigenvalue weighted by atomic mass is 10.0. The summed E-state index contributed by atoms with van der Waals surface area (Å²) in [5, 5.41) is 7.30. The van der Waals surface area contributed by atoms with Crippen LogP contribution in [0.3, 0.4) is 0 Å². The van der Waals surface area contributed by atoms with E-state index < -0.39 is 0 Å². The average molecular weight is 400 g/mol. The normalized spacial score (nSPS) is 10.8. The Hall–Kier alpha value is -2.37. The van der Waals surface area contributed by atoms with E-state index >= 15 is 0 Å². The number of anilines is 2. The highest BCUT2D eigenvalue weighted by Crippen LogP contribution is 2.24. The molecule has 2 aromatic carbocycles. The summed E-state index contributed by atoms with van der Waals surface area (Å²) in [5.74, 6) is 0.369. The van der Waals surface area contributed by atoms with E-state index in [1.807, 2.05) is 36.4 Å². The summed E-state index contributed by atoms with van der Waals surface area (Å²) in [7, 11) is 0. The third kappa shape index (κ3) is 5.55. The monoisotopic (exact) mass is 399 g/mol. The fourth-order valence-corrected chi connectivity index (χ4v) is 3.66. The minimum absolute atomic E-state index is 0.124. The molecule has 0 radical (unpaired) electrons. The molecule has 0 saturated heterocycles. The van der Waals surface area contributed by atoms with E-state index in [4.69, 9.17) is 11.6 Å². The standard InChI is InChI=1S/C21H22ClN3OS/c1-14(2)15-7-9-17(10-8-15)23-13-20(26)25-21-24-12-18(27-21)11-16-5-3-4-6-19(16)22/h3-10,12,14,23H,11,13H2,1-2H3,(H,24,25,26). The highest BCUT2D eigenvalue weighted by atomic mass is 35.5. The van der Waals surface area contributed by atoms with Gasteiger partial charge in [-0.3, -0.25) is 4.79 Å². The first-order chi connectivity index (χ1) is 13.0. The molecule has 1 aromatic heterocycles. The van der Waals surface area contributed by atoms with Crippen LogP contribution in [-0.2, 0) is 11.2 Å². The number of nitrogens with one attached hydrogen (secondary N) is 2. The van der Waals surface area contributed by atoms with Gasteiger partial charge in [0, 0.05) is 28.2 Å². The van der Waals surface area contributed by atoms with Crippen molar-refractivity contribution in [3.63, 3.8) is 0 Å². The number of aromatic nitrogens is 1. The Kier molecular flexibility index (Phi) is 6.48. The van der Waals surface area contributed by atoms with Crippen molar-refractivity contribution in [2.75, 3.05) is 17.2 Å². The summed E-state index contributed by atoms with van der Waals surface area (Å²) in [4.78, 5) is 17.5. The average Bonchev–Trinajstić information content (AvgIpc) is 3.09. The highest BCUT2D eigenvalue weighted by molar-refractivity contribution is 7.15. The van der Waals surface area contributed by atoms with E-state index in [9.17, 15) is 4.79 Å². The largest absolute Gasteiger partial charge is 0.376 e. The molecule has 0 fully saturated rings. The van der Waals surface area contributed by atoms with Gasteiger partial charge in [-0.05, 0) is 35.2 Å². The van der Waals surface area contributed by atoms with Crippen LogP contribution in [0.15, 0.2) is 54.7 Å². The number of nitrogens with zero attached hydrogens (tertiary/aromatic N) is 1. The van der Waals surface area contributed by atoms with Crippen LogP contribution in [0.1, 0.15) is 35.8 Å². The number of rotatable bonds is 7. The highest BCUT2D eigenvalue weighted by Gasteiger charge is 2.09. The fourth-order valence-electron chi connectivity index (χ4n) is 2.61. The molecule has 4 nitrogen and oxygen atoms in total. The zero-order valence-corrected chi connectivity index (χ0v) is 16.9. The topological polar surface area (TPSA) is 54.0 Å². The first-order valence-electron chi connectivity index (χ1n) is 8.83. The van der Waals surface area contributed by atoms with Crippen LogP contribution >= 0.6 is 22.9 Å². The van der Waals surface area contributed by atoms with E-state index in [-0.39, 0.29) is 12.5 Å². The second kappa shape index (κ2) is 9.02. The maximum atomic E-state index is 12.2. The number of thiazole rings is 1. The maximum absolute atomic E-state index is 12.2. The summed E-state index contributed by atoms with van der Waals surface area (Å²) in [6.07, 6.45) is 2.48. The molecule has 0 aliphatic carbocycles. The Morgan fingerprint density at radius 2 is 1.89 bits per heavy atom. The lowest BCUT2D eigenvalue weighted by molar-refractivity contribution is -0.114. The van der Waals surface area contributed by atoms with Gasteiger partial charge in [0.1, 0.15) is 0 Å². The van der Waals surface area contributed by atoms with Gasteiger partial charge < -0.3 is 10.6 Å². The van der Waals surface area contributed by atoms with Gasteiger partial charge in [0.05, 0.1) is 6.54 Å². The molecular weight excluding hydrogens is 378 g/mol. The van der Waals surface area contributed by atoms with Crippen LogP contribution in [0.2, 0.25) is 5.02 Å². The van der Waals surface area contributed by atoms with Gasteiger partial charge >= 0.3 is 0 Å². The van der Waals surface area contributed by atoms with Crippen LogP contribution in [0.4, 0.5) is 10.8 Å². The van der Waals surface area contributed by atoms with Gasteiger partial charge in [0.2, 0.25) is 5.91 Å². The van der Waals surface area contributed by atoms with Crippen molar-refractivity contribution < 1.29 is 4.79 Å². The van der Waals surface area contributed by atoms with Crippen molar-refractivity contribution in [3.8, 4) is 0 Å². The Labute approximate surface area is 168 Å². The van der Waals surface area contributed by atoms with Crippen LogP contribution in [-0.4, -0.2) is 17.4 Å². The molecule has 0 aliphatic heterocycles. The first-order valence-corrected chi connectivity index (χ1v) is 10.0. The lowest BCUT2D eigenvalue weighted by Crippen LogP contribution is -2.21. The molecule has 0 atom stereocenters. The zero-order valence-electron chi connectivity index (χ0n) is 15.3. The molecule has 1 amide bonds. The van der Waals surface area contributed by atoms with Crippen molar-refractivity contribution in [2.24, 2.45) is 0 Å². The quantitative estimate of drug-likeness (QED) is 0.546. The third-order valence-electron chi connectivity index (χ3n) is 4.15. The summed E-state index contributed by atoms with van der Waals surface area (Å²) in [6.45, 7) is 4.51. The van der Waals surface area contributed by atoms with E-state index in [2.05, 4.69) is 41.6 Å². The molecule has 0 aliphatic rings. The van der Waals surface area contributed by atoms with Crippen molar-refractivity contribution >= 4 is 39.7 Å². The van der Waals surface area contributed by atoms with E-state index in [1.165, 1.54) is 16.9 Å². The SMILES string of the molecule is CC(C)c1ccc(NCC(=O)Nc2ncc(Cc3ccccc3Cl)s2)cc1. The molecule has 0 bridgehead atoms. The fraction of sp³-hybridized carbons (Fsp3) is 0.238. The molecule has 3 rings (SSSR count). The van der Waals surface area contributed by atoms with Crippen LogP contribution < -0.4 is 10.6 Å². The molecule has 140 valence electrons. The molecule has 3 aromatic rings. The van der Waals surface area contributed by atoms with Gasteiger partial charge in [0.25, 0.3) is 0 Å². The zero-order chi connectivity index (χ0) is 19.2. The predicted molar refractivity (Wildman–Crippen MR) is 114 cm³/mol. The van der Waals surface area contributed by atoms with Gasteiger partial charge in [-0.15, -0.1) is 11.3 Å². The van der Waals surface area contributed by atoms with Crippen LogP contribution in [0.25, 0.3) is 0 Å². The summed E-state index contributed by atoms with van der Waals surface area (Å²) >= 11 is 7.66. The number of halogens is 1. The summed E-state index contributed by atoms with van der Waals surface area (Å²) in [6, 6.07) is 15.9. The number of benzene rings is 2. The second-order valence-corrected chi connectivity index (χ2v) is 8.10. The minimum atomic E-state index is -0.124. The van der Waals surface area contributed by atoms with Crippen LogP contribution in [0, 0.1) is 0 Å². The predicted octanol–water partition coefficient (Wildman–Crippen LogP) is 5.56. The number of hydrogen-bond acceptors (Lipinski definition) is 4. The Morgan fingerprint density at radius 3 is 2.59 bits per heavy atom. The van der Waals surface area contributed by atoms with E-state index in [1.54, 1.807) is 6.20 Å². The van der Waals surface area contributed by atoms with Gasteiger partial charge in [0.15, 0.2) is 5.13 Å². The third-order valence-corrected chi connectivity index (χ3v) is 5.43. The second-order valence-electron chi connectivity index (χ2n) is 6.58. The van der Waals surface area contributed by atoms with E-state index in [0.717, 1.165) is 21.2 Å². The Balaban J connectivity index is 1.51. The van der Waals surface area contributed by atoms with Crippen molar-refractivity contribution in [3.05, 3.63) is 75.8 Å². The number of hydrogen-bond donors (Lipinski definition) is 2. The molecule has 0 unspecified atom stereocenters. The Morgan fingerprint density at radius 1 is 1.15 bits per heavy atom. The summed E-state index contributed by atoms with van der Waals surface area (Å²) in [5.41, 5.74) is 3.25. The van der Waals surface area contributed by atoms with Gasteiger partial charge in [-0.2, -0.15) is 0 Å². The molecular formula is C21H22ClN3OS. The Bertz CT molecular complexity index is 906. The summed E-state index contributed by atoms with van der Waals surface area (Å²) < 4.78 is 0. The minimum Gasteiger partial charge on any atom is -0.376 e. The van der Waals surface area contributed by atoms with Crippen molar-refractivity contribution in [1.82, 2.24) is 4.98 Å². The van der Waals surface area contributed by atoms with Crippen molar-refractivity contribution in [2.45, 2.75) is 26.2 Å². The van der Waals surface area contributed by atoms with Crippen LogP contribution in [0.5, 0.6) is 0 Å². The number of carbonyl (C=O) groups excluding carboxylic acids is 1. The molecule has 0 saturated carbocycles. The molecule has 27 heavy (non-hydrogen) atoms. The van der Waals surface area contributed by atoms with Crippen molar-refractivity contribution in [1.29, 1.82) is 0 Å². The number of amides is 1.